The second-order valence-corrected chi connectivity index (χ2v) is 9.08. The Labute approximate surface area is 161 Å². The van der Waals surface area contributed by atoms with Gasteiger partial charge in [-0.05, 0) is 55.8 Å². The number of allylic oxidation sites excluding steroid dienone is 1. The molecule has 0 aromatic heterocycles. The predicted molar refractivity (Wildman–Crippen MR) is 110 cm³/mol. The van der Waals surface area contributed by atoms with Crippen molar-refractivity contribution in [3.63, 3.8) is 0 Å². The minimum absolute atomic E-state index is 0.310. The molecule has 2 saturated carbocycles. The summed E-state index contributed by atoms with van der Waals surface area (Å²) < 4.78 is 0. The van der Waals surface area contributed by atoms with E-state index in [0.29, 0.717) is 11.5 Å². The van der Waals surface area contributed by atoms with Gasteiger partial charge in [-0.1, -0.05) is 84.1 Å². The van der Waals surface area contributed by atoms with Crippen LogP contribution in [0.3, 0.4) is 0 Å². The molecule has 0 unspecified atom stereocenters. The van der Waals surface area contributed by atoms with Crippen molar-refractivity contribution in [1.29, 1.82) is 0 Å². The first-order valence-corrected chi connectivity index (χ1v) is 11.6. The van der Waals surface area contributed by atoms with Gasteiger partial charge in [0, 0.05) is 5.57 Å². The molecule has 0 heterocycles. The normalized spacial score (nSPS) is 30.3. The van der Waals surface area contributed by atoms with Crippen molar-refractivity contribution in [3.8, 4) is 0 Å². The summed E-state index contributed by atoms with van der Waals surface area (Å²) in [5.41, 5.74) is 0.714. The quantitative estimate of drug-likeness (QED) is 0.325. The molecule has 0 atom stereocenters. The molecule has 1 N–H and O–H groups in total. The SMILES string of the molecule is CCCCC=C(C(=O)O)C1CCC(CCC2CCC(CCC)CC2)CC1. The van der Waals surface area contributed by atoms with E-state index in [1.807, 2.05) is 6.08 Å². The number of hydrogen-bond acceptors (Lipinski definition) is 1. The standard InChI is InChI=1S/C24H42O2/c1-3-5-6-8-23(24(25)26)22-17-15-21(16-18-22)14-13-20-11-9-19(7-4-2)10-12-20/h8,19-22H,3-7,9-18H2,1-2H3,(H,25,26). The molecule has 2 aliphatic carbocycles. The molecule has 0 amide bonds. The maximum atomic E-state index is 11.6. The van der Waals surface area contributed by atoms with E-state index in [-0.39, 0.29) is 0 Å². The third-order valence-corrected chi connectivity index (χ3v) is 7.10. The van der Waals surface area contributed by atoms with Crippen LogP contribution in [0.15, 0.2) is 11.6 Å². The van der Waals surface area contributed by atoms with Crippen LogP contribution in [-0.2, 0) is 4.79 Å². The van der Waals surface area contributed by atoms with Gasteiger partial charge in [-0.2, -0.15) is 0 Å². The molecule has 2 aliphatic rings. The van der Waals surface area contributed by atoms with Crippen LogP contribution >= 0.6 is 0 Å². The molecule has 0 aromatic rings. The number of aliphatic carboxylic acids is 1. The van der Waals surface area contributed by atoms with E-state index < -0.39 is 5.97 Å². The van der Waals surface area contributed by atoms with Gasteiger partial charge < -0.3 is 5.11 Å². The highest BCUT2D eigenvalue weighted by Gasteiger charge is 2.28. The number of carbonyl (C=O) groups is 1. The molecule has 26 heavy (non-hydrogen) atoms. The van der Waals surface area contributed by atoms with Gasteiger partial charge >= 0.3 is 5.97 Å². The number of rotatable bonds is 10. The van der Waals surface area contributed by atoms with Gasteiger partial charge in [-0.25, -0.2) is 4.79 Å². The van der Waals surface area contributed by atoms with Gasteiger partial charge in [0.15, 0.2) is 0 Å². The van der Waals surface area contributed by atoms with Crippen molar-refractivity contribution in [2.45, 2.75) is 110 Å². The van der Waals surface area contributed by atoms with E-state index >= 15 is 0 Å². The molecule has 150 valence electrons. The zero-order valence-electron chi connectivity index (χ0n) is 17.3. The Bertz CT molecular complexity index is 423. The van der Waals surface area contributed by atoms with Gasteiger partial charge in [0.1, 0.15) is 0 Å². The lowest BCUT2D eigenvalue weighted by molar-refractivity contribution is -0.133. The van der Waals surface area contributed by atoms with Gasteiger partial charge in [0.25, 0.3) is 0 Å². The maximum Gasteiger partial charge on any atom is 0.331 e. The third kappa shape index (κ3) is 7.08. The molecule has 2 heteroatoms. The average molecular weight is 363 g/mol. The van der Waals surface area contributed by atoms with Crippen LogP contribution in [0, 0.1) is 23.7 Å². The fourth-order valence-corrected chi connectivity index (χ4v) is 5.34. The summed E-state index contributed by atoms with van der Waals surface area (Å²) in [5, 5.41) is 9.56. The van der Waals surface area contributed by atoms with E-state index in [0.717, 1.165) is 49.9 Å². The molecule has 2 nitrogen and oxygen atoms in total. The second-order valence-electron chi connectivity index (χ2n) is 9.08. The number of carboxylic acid groups (broad SMARTS) is 1. The Balaban J connectivity index is 1.68. The highest BCUT2D eigenvalue weighted by atomic mass is 16.4. The monoisotopic (exact) mass is 362 g/mol. The highest BCUT2D eigenvalue weighted by molar-refractivity contribution is 5.87. The molecule has 0 aromatic carbocycles. The Morgan fingerprint density at radius 3 is 1.77 bits per heavy atom. The second kappa shape index (κ2) is 11.8. The van der Waals surface area contributed by atoms with E-state index in [2.05, 4.69) is 13.8 Å². The lowest BCUT2D eigenvalue weighted by Gasteiger charge is -2.32. The summed E-state index contributed by atoms with van der Waals surface area (Å²) in [5.74, 6) is 2.48. The van der Waals surface area contributed by atoms with Crippen molar-refractivity contribution in [2.75, 3.05) is 0 Å². The van der Waals surface area contributed by atoms with Crippen LogP contribution in [0.4, 0.5) is 0 Å². The first kappa shape index (κ1) is 21.5. The molecule has 2 fully saturated rings. The molecular formula is C24H42O2. The summed E-state index contributed by atoms with van der Waals surface area (Å²) in [6, 6.07) is 0. The zero-order valence-corrected chi connectivity index (χ0v) is 17.3. The molecular weight excluding hydrogens is 320 g/mol. The Hall–Kier alpha value is -0.790. The van der Waals surface area contributed by atoms with Crippen molar-refractivity contribution in [1.82, 2.24) is 0 Å². The predicted octanol–water partition coefficient (Wildman–Crippen LogP) is 7.38. The van der Waals surface area contributed by atoms with Crippen LogP contribution in [0.2, 0.25) is 0 Å². The fraction of sp³-hybridized carbons (Fsp3) is 0.875. The Morgan fingerprint density at radius 2 is 1.31 bits per heavy atom. The minimum Gasteiger partial charge on any atom is -0.478 e. The van der Waals surface area contributed by atoms with Crippen LogP contribution in [-0.4, -0.2) is 11.1 Å². The largest absolute Gasteiger partial charge is 0.478 e. The Morgan fingerprint density at radius 1 is 0.808 bits per heavy atom. The van der Waals surface area contributed by atoms with Gasteiger partial charge in [-0.3, -0.25) is 0 Å². The molecule has 0 spiro atoms. The summed E-state index contributed by atoms with van der Waals surface area (Å²) in [4.78, 5) is 11.6. The zero-order chi connectivity index (χ0) is 18.8. The van der Waals surface area contributed by atoms with Gasteiger partial charge in [0.2, 0.25) is 0 Å². The van der Waals surface area contributed by atoms with Crippen LogP contribution in [0.25, 0.3) is 0 Å². The summed E-state index contributed by atoms with van der Waals surface area (Å²) >= 11 is 0. The van der Waals surface area contributed by atoms with Crippen LogP contribution < -0.4 is 0 Å². The van der Waals surface area contributed by atoms with Crippen molar-refractivity contribution in [2.24, 2.45) is 23.7 Å². The summed E-state index contributed by atoms with van der Waals surface area (Å²) in [6.45, 7) is 4.48. The molecule has 0 radical (unpaired) electrons. The molecule has 2 rings (SSSR count). The minimum atomic E-state index is -0.673. The average Bonchev–Trinajstić information content (AvgIpc) is 2.65. The Kier molecular flexibility index (Phi) is 9.78. The summed E-state index contributed by atoms with van der Waals surface area (Å²) in [6.07, 6.45) is 21.3. The molecule has 0 aliphatic heterocycles. The first-order chi connectivity index (χ1) is 12.6. The van der Waals surface area contributed by atoms with Crippen LogP contribution in [0.1, 0.15) is 110 Å². The van der Waals surface area contributed by atoms with Crippen molar-refractivity contribution >= 4 is 5.97 Å². The maximum absolute atomic E-state index is 11.6. The highest BCUT2D eigenvalue weighted by Crippen LogP contribution is 2.39. The lowest BCUT2D eigenvalue weighted by Crippen LogP contribution is -2.21. The van der Waals surface area contributed by atoms with E-state index in [1.165, 1.54) is 64.2 Å². The van der Waals surface area contributed by atoms with Gasteiger partial charge in [-0.15, -0.1) is 0 Å². The number of hydrogen-bond donors (Lipinski definition) is 1. The third-order valence-electron chi connectivity index (χ3n) is 7.10. The topological polar surface area (TPSA) is 37.3 Å². The lowest BCUT2D eigenvalue weighted by atomic mass is 9.73. The number of carboxylic acids is 1. The first-order valence-electron chi connectivity index (χ1n) is 11.6. The molecule has 0 saturated heterocycles. The van der Waals surface area contributed by atoms with Crippen LogP contribution in [0.5, 0.6) is 0 Å². The fourth-order valence-electron chi connectivity index (χ4n) is 5.34. The van der Waals surface area contributed by atoms with E-state index in [4.69, 9.17) is 0 Å². The van der Waals surface area contributed by atoms with E-state index in [1.54, 1.807) is 0 Å². The van der Waals surface area contributed by atoms with Crippen molar-refractivity contribution < 1.29 is 9.90 Å². The summed E-state index contributed by atoms with van der Waals surface area (Å²) in [7, 11) is 0. The number of unbranched alkanes of at least 4 members (excludes halogenated alkanes) is 2. The smallest absolute Gasteiger partial charge is 0.331 e. The van der Waals surface area contributed by atoms with Gasteiger partial charge in [0.05, 0.1) is 0 Å². The molecule has 0 bridgehead atoms. The van der Waals surface area contributed by atoms with Crippen molar-refractivity contribution in [3.05, 3.63) is 11.6 Å². The van der Waals surface area contributed by atoms with E-state index in [9.17, 15) is 9.90 Å².